The van der Waals surface area contributed by atoms with Crippen LogP contribution in [0.5, 0.6) is 0 Å². The Balaban J connectivity index is 2.33. The second-order valence-electron chi connectivity index (χ2n) is 4.70. The number of nitrogens with zero attached hydrogens (tertiary/aromatic N) is 4. The smallest absolute Gasteiger partial charge is 0.165 e. The quantitative estimate of drug-likeness (QED) is 0.824. The largest absolute Gasteiger partial charge is 0.391 e. The van der Waals surface area contributed by atoms with Gasteiger partial charge in [0, 0.05) is 12.8 Å². The number of nitrogen functional groups attached to an aromatic ring is 1. The molecule has 106 valence electrons. The first-order valence-corrected chi connectivity index (χ1v) is 6.72. The predicted molar refractivity (Wildman–Crippen MR) is 77.8 cm³/mol. The van der Waals surface area contributed by atoms with Gasteiger partial charge in [0.1, 0.15) is 11.8 Å². The van der Waals surface area contributed by atoms with Crippen molar-refractivity contribution in [2.45, 2.75) is 45.3 Å². The average molecular weight is 273 g/mol. The highest BCUT2D eigenvalue weighted by Gasteiger charge is 2.20. The second-order valence-corrected chi connectivity index (χ2v) is 4.70. The zero-order valence-electron chi connectivity index (χ0n) is 11.7. The monoisotopic (exact) mass is 273 g/mol. The van der Waals surface area contributed by atoms with Crippen molar-refractivity contribution in [1.29, 1.82) is 0 Å². The Hall–Kier alpha value is -2.13. The molecule has 6 nitrogen and oxygen atoms in total. The van der Waals surface area contributed by atoms with E-state index in [0.29, 0.717) is 23.4 Å². The fraction of sp³-hybridized carbons (Fsp3) is 0.500. The Morgan fingerprint density at radius 3 is 2.85 bits per heavy atom. The molecule has 0 radical (unpaired) electrons. The van der Waals surface area contributed by atoms with Crippen molar-refractivity contribution in [1.82, 2.24) is 19.5 Å². The standard InChI is InChI=1S/C14H19N5O/c1-3-4-5-6-7-11(10(2)20)19-9-18-12-13(15)16-8-17-14(12)19/h8-11,20H,3-4,7H2,1-2H3,(H2,15,16,17)/t10-,11+/m0/s1. The summed E-state index contributed by atoms with van der Waals surface area (Å²) in [6, 6.07) is -0.196. The molecule has 0 aliphatic rings. The molecule has 0 fully saturated rings. The number of imidazole rings is 1. The molecule has 0 saturated heterocycles. The summed E-state index contributed by atoms with van der Waals surface area (Å²) in [5.74, 6) is 6.53. The Bertz CT molecular complexity index is 638. The Labute approximate surface area is 118 Å². The van der Waals surface area contributed by atoms with E-state index in [-0.39, 0.29) is 6.04 Å². The number of anilines is 1. The molecule has 0 bridgehead atoms. The third-order valence-corrected chi connectivity index (χ3v) is 3.11. The van der Waals surface area contributed by atoms with Crippen LogP contribution in [-0.4, -0.2) is 30.7 Å². The molecule has 2 rings (SSSR count). The SMILES string of the molecule is CCCC#CC[C@H]([C@H](C)O)n1cnc2c(N)ncnc21. The number of rotatable bonds is 4. The van der Waals surface area contributed by atoms with Crippen LogP contribution in [0.4, 0.5) is 5.82 Å². The summed E-state index contributed by atoms with van der Waals surface area (Å²) >= 11 is 0. The van der Waals surface area contributed by atoms with Gasteiger partial charge in [-0.1, -0.05) is 6.92 Å². The van der Waals surface area contributed by atoms with Crippen LogP contribution in [0, 0.1) is 11.8 Å². The topological polar surface area (TPSA) is 89.8 Å². The summed E-state index contributed by atoms with van der Waals surface area (Å²) < 4.78 is 1.82. The van der Waals surface area contributed by atoms with Crippen molar-refractivity contribution in [2.75, 3.05) is 5.73 Å². The van der Waals surface area contributed by atoms with Crippen molar-refractivity contribution in [2.24, 2.45) is 0 Å². The van der Waals surface area contributed by atoms with E-state index in [1.165, 1.54) is 6.33 Å². The molecule has 0 unspecified atom stereocenters. The van der Waals surface area contributed by atoms with Crippen LogP contribution in [-0.2, 0) is 0 Å². The lowest BCUT2D eigenvalue weighted by atomic mass is 10.1. The van der Waals surface area contributed by atoms with Crippen molar-refractivity contribution >= 4 is 17.0 Å². The molecule has 2 aromatic heterocycles. The fourth-order valence-electron chi connectivity index (χ4n) is 2.00. The highest BCUT2D eigenvalue weighted by atomic mass is 16.3. The summed E-state index contributed by atoms with van der Waals surface area (Å²) in [6.07, 6.45) is 4.93. The van der Waals surface area contributed by atoms with E-state index in [4.69, 9.17) is 5.73 Å². The van der Waals surface area contributed by atoms with E-state index in [1.807, 2.05) is 4.57 Å². The number of hydrogen-bond donors (Lipinski definition) is 2. The van der Waals surface area contributed by atoms with Crippen LogP contribution in [0.1, 0.15) is 39.2 Å². The van der Waals surface area contributed by atoms with Crippen LogP contribution in [0.2, 0.25) is 0 Å². The zero-order valence-corrected chi connectivity index (χ0v) is 11.7. The van der Waals surface area contributed by atoms with E-state index < -0.39 is 6.10 Å². The summed E-state index contributed by atoms with van der Waals surface area (Å²) in [5.41, 5.74) is 6.95. The first-order chi connectivity index (χ1) is 9.65. The number of aliphatic hydroxyl groups excluding tert-OH is 1. The van der Waals surface area contributed by atoms with E-state index in [2.05, 4.69) is 33.7 Å². The molecule has 2 atom stereocenters. The van der Waals surface area contributed by atoms with Gasteiger partial charge in [-0.15, -0.1) is 11.8 Å². The van der Waals surface area contributed by atoms with Gasteiger partial charge in [0.25, 0.3) is 0 Å². The summed E-state index contributed by atoms with van der Waals surface area (Å²) in [5, 5.41) is 9.98. The molecular weight excluding hydrogens is 254 g/mol. The third kappa shape index (κ3) is 2.89. The Morgan fingerprint density at radius 1 is 1.35 bits per heavy atom. The molecular formula is C14H19N5O. The van der Waals surface area contributed by atoms with Gasteiger partial charge in [-0.05, 0) is 13.3 Å². The number of hydrogen-bond acceptors (Lipinski definition) is 5. The van der Waals surface area contributed by atoms with Gasteiger partial charge in [0.15, 0.2) is 11.5 Å². The molecule has 20 heavy (non-hydrogen) atoms. The predicted octanol–water partition coefficient (Wildman–Crippen LogP) is 1.52. The Kier molecular flexibility index (Phi) is 4.53. The first kappa shape index (κ1) is 14.3. The highest BCUT2D eigenvalue weighted by Crippen LogP contribution is 2.23. The molecule has 0 aliphatic heterocycles. The van der Waals surface area contributed by atoms with Gasteiger partial charge in [0.2, 0.25) is 0 Å². The number of unbranched alkanes of at least 4 members (excludes halogenated alkanes) is 1. The Morgan fingerprint density at radius 2 is 2.15 bits per heavy atom. The third-order valence-electron chi connectivity index (χ3n) is 3.11. The number of aliphatic hydroxyl groups is 1. The molecule has 0 aliphatic carbocycles. The van der Waals surface area contributed by atoms with Gasteiger partial charge >= 0.3 is 0 Å². The summed E-state index contributed by atoms with van der Waals surface area (Å²) in [6.45, 7) is 3.83. The lowest BCUT2D eigenvalue weighted by molar-refractivity contribution is 0.134. The minimum atomic E-state index is -0.556. The van der Waals surface area contributed by atoms with Crippen molar-refractivity contribution in [3.05, 3.63) is 12.7 Å². The van der Waals surface area contributed by atoms with E-state index >= 15 is 0 Å². The zero-order chi connectivity index (χ0) is 14.5. The van der Waals surface area contributed by atoms with Crippen LogP contribution in [0.15, 0.2) is 12.7 Å². The maximum atomic E-state index is 9.98. The molecule has 0 aromatic carbocycles. The fourth-order valence-corrected chi connectivity index (χ4v) is 2.00. The molecule has 2 heterocycles. The van der Waals surface area contributed by atoms with Crippen molar-refractivity contribution < 1.29 is 5.11 Å². The van der Waals surface area contributed by atoms with Gasteiger partial charge in [0.05, 0.1) is 18.5 Å². The summed E-state index contributed by atoms with van der Waals surface area (Å²) in [7, 11) is 0. The molecule has 6 heteroatoms. The van der Waals surface area contributed by atoms with E-state index in [1.54, 1.807) is 13.3 Å². The molecule has 0 spiro atoms. The van der Waals surface area contributed by atoms with Crippen molar-refractivity contribution in [3.8, 4) is 11.8 Å². The lowest BCUT2D eigenvalue weighted by Gasteiger charge is -2.19. The normalized spacial score (nSPS) is 13.8. The number of aromatic nitrogens is 4. The van der Waals surface area contributed by atoms with Crippen molar-refractivity contribution in [3.63, 3.8) is 0 Å². The second kappa shape index (κ2) is 6.35. The van der Waals surface area contributed by atoms with E-state index in [0.717, 1.165) is 12.8 Å². The lowest BCUT2D eigenvalue weighted by Crippen LogP contribution is -2.20. The van der Waals surface area contributed by atoms with E-state index in [9.17, 15) is 5.11 Å². The minimum absolute atomic E-state index is 0.196. The molecule has 2 aromatic rings. The number of nitrogens with two attached hydrogens (primary N) is 1. The maximum Gasteiger partial charge on any atom is 0.165 e. The van der Waals surface area contributed by atoms with Gasteiger partial charge in [-0.25, -0.2) is 15.0 Å². The average Bonchev–Trinajstić information content (AvgIpc) is 2.84. The molecule has 3 N–H and O–H groups in total. The van der Waals surface area contributed by atoms with Gasteiger partial charge in [-0.3, -0.25) is 0 Å². The molecule has 0 saturated carbocycles. The van der Waals surface area contributed by atoms with Crippen LogP contribution >= 0.6 is 0 Å². The van der Waals surface area contributed by atoms with Crippen LogP contribution in [0.3, 0.4) is 0 Å². The van der Waals surface area contributed by atoms with Crippen LogP contribution < -0.4 is 5.73 Å². The van der Waals surface area contributed by atoms with Crippen LogP contribution in [0.25, 0.3) is 11.2 Å². The molecule has 0 amide bonds. The minimum Gasteiger partial charge on any atom is -0.391 e. The first-order valence-electron chi connectivity index (χ1n) is 6.72. The summed E-state index contributed by atoms with van der Waals surface area (Å²) in [4.78, 5) is 12.3. The van der Waals surface area contributed by atoms with Gasteiger partial charge < -0.3 is 15.4 Å². The van der Waals surface area contributed by atoms with Gasteiger partial charge in [-0.2, -0.15) is 0 Å². The maximum absolute atomic E-state index is 9.98. The highest BCUT2D eigenvalue weighted by molar-refractivity contribution is 5.81. The number of fused-ring (bicyclic) bond motifs is 1.